The van der Waals surface area contributed by atoms with E-state index in [-0.39, 0.29) is 0 Å². The van der Waals surface area contributed by atoms with Gasteiger partial charge in [-0.3, -0.25) is 4.57 Å². The summed E-state index contributed by atoms with van der Waals surface area (Å²) in [5.41, 5.74) is 13.9. The molecule has 0 spiro atoms. The SMILES string of the molecule is c1ccc(-c2ccc(-n3c4cc(-c5ccc6c(c5)c5ccccc5n6-c5cccc(-c6ccccc6)c5)ccc4c4cccnc43)cc2)cc1. The van der Waals surface area contributed by atoms with Gasteiger partial charge in [0.15, 0.2) is 0 Å². The number of nitrogens with zero attached hydrogens (tertiary/aromatic N) is 3. The topological polar surface area (TPSA) is 22.8 Å². The van der Waals surface area contributed by atoms with Crippen LogP contribution in [0.3, 0.4) is 0 Å². The van der Waals surface area contributed by atoms with E-state index in [9.17, 15) is 0 Å². The highest BCUT2D eigenvalue weighted by molar-refractivity contribution is 6.12. The quantitative estimate of drug-likeness (QED) is 0.184. The summed E-state index contributed by atoms with van der Waals surface area (Å²) in [5, 5.41) is 4.83. The van der Waals surface area contributed by atoms with E-state index >= 15 is 0 Å². The molecule has 0 aliphatic carbocycles. The highest BCUT2D eigenvalue weighted by atomic mass is 15.0. The van der Waals surface area contributed by atoms with Crippen molar-refractivity contribution in [3.8, 4) is 44.8 Å². The lowest BCUT2D eigenvalue weighted by Gasteiger charge is -2.11. The van der Waals surface area contributed by atoms with Gasteiger partial charge in [-0.15, -0.1) is 0 Å². The van der Waals surface area contributed by atoms with E-state index in [4.69, 9.17) is 4.98 Å². The fraction of sp³-hybridized carbons (Fsp3) is 0. The van der Waals surface area contributed by atoms with Gasteiger partial charge in [-0.25, -0.2) is 4.98 Å². The van der Waals surface area contributed by atoms with Crippen LogP contribution in [0.1, 0.15) is 0 Å². The lowest BCUT2D eigenvalue weighted by molar-refractivity contribution is 1.14. The third-order valence-corrected chi connectivity index (χ3v) is 9.98. The van der Waals surface area contributed by atoms with Crippen LogP contribution in [0, 0.1) is 0 Å². The molecular weight excluding hydrogens is 607 g/mol. The average Bonchev–Trinajstić information content (AvgIpc) is 3.71. The highest BCUT2D eigenvalue weighted by Crippen LogP contribution is 2.38. The summed E-state index contributed by atoms with van der Waals surface area (Å²) in [6, 6.07) is 65.5. The summed E-state index contributed by atoms with van der Waals surface area (Å²) < 4.78 is 4.69. The number of fused-ring (bicyclic) bond motifs is 6. The maximum absolute atomic E-state index is 4.87. The lowest BCUT2D eigenvalue weighted by Crippen LogP contribution is -1.95. The Morgan fingerprint density at radius 1 is 0.300 bits per heavy atom. The molecule has 0 amide bonds. The van der Waals surface area contributed by atoms with Crippen LogP contribution >= 0.6 is 0 Å². The predicted octanol–water partition coefficient (Wildman–Crippen LogP) is 12.3. The number of hydrogen-bond donors (Lipinski definition) is 0. The molecule has 3 nitrogen and oxygen atoms in total. The Morgan fingerprint density at radius 2 is 0.880 bits per heavy atom. The zero-order valence-electron chi connectivity index (χ0n) is 27.2. The summed E-state index contributed by atoms with van der Waals surface area (Å²) in [4.78, 5) is 4.87. The second kappa shape index (κ2) is 11.5. The fourth-order valence-corrected chi connectivity index (χ4v) is 7.60. The summed E-state index contributed by atoms with van der Waals surface area (Å²) >= 11 is 0. The van der Waals surface area contributed by atoms with Crippen LogP contribution in [-0.4, -0.2) is 14.1 Å². The molecule has 3 heterocycles. The molecule has 0 fully saturated rings. The zero-order valence-corrected chi connectivity index (χ0v) is 27.2. The van der Waals surface area contributed by atoms with Gasteiger partial charge in [0.05, 0.1) is 16.6 Å². The van der Waals surface area contributed by atoms with Crippen molar-refractivity contribution in [1.29, 1.82) is 0 Å². The van der Waals surface area contributed by atoms with E-state index in [1.165, 1.54) is 60.6 Å². The van der Waals surface area contributed by atoms with Crippen molar-refractivity contribution in [3.63, 3.8) is 0 Å². The summed E-state index contributed by atoms with van der Waals surface area (Å²) in [6.07, 6.45) is 1.89. The van der Waals surface area contributed by atoms with E-state index in [0.29, 0.717) is 0 Å². The third kappa shape index (κ3) is 4.56. The molecule has 0 unspecified atom stereocenters. The molecule has 50 heavy (non-hydrogen) atoms. The molecule has 0 saturated heterocycles. The number of rotatable bonds is 5. The molecule has 0 radical (unpaired) electrons. The van der Waals surface area contributed by atoms with Crippen molar-refractivity contribution >= 4 is 43.7 Å². The van der Waals surface area contributed by atoms with Crippen molar-refractivity contribution in [2.45, 2.75) is 0 Å². The van der Waals surface area contributed by atoms with Crippen LogP contribution < -0.4 is 0 Å². The normalized spacial score (nSPS) is 11.6. The third-order valence-electron chi connectivity index (χ3n) is 9.98. The first kappa shape index (κ1) is 28.3. The minimum absolute atomic E-state index is 0.961. The van der Waals surface area contributed by atoms with Crippen molar-refractivity contribution in [2.24, 2.45) is 0 Å². The van der Waals surface area contributed by atoms with Crippen molar-refractivity contribution in [2.75, 3.05) is 0 Å². The molecule has 0 aliphatic rings. The Hall–Kier alpha value is -6.71. The Kier molecular flexibility index (Phi) is 6.49. The molecule has 3 heteroatoms. The molecule has 0 atom stereocenters. The number of pyridine rings is 1. The van der Waals surface area contributed by atoms with Gasteiger partial charge in [-0.1, -0.05) is 121 Å². The van der Waals surface area contributed by atoms with Crippen LogP contribution in [0.5, 0.6) is 0 Å². The predicted molar refractivity (Wildman–Crippen MR) is 209 cm³/mol. The van der Waals surface area contributed by atoms with Crippen LogP contribution in [0.2, 0.25) is 0 Å². The molecule has 0 saturated carbocycles. The summed E-state index contributed by atoms with van der Waals surface area (Å²) in [6.45, 7) is 0. The largest absolute Gasteiger partial charge is 0.309 e. The maximum atomic E-state index is 4.87. The monoisotopic (exact) mass is 637 g/mol. The minimum Gasteiger partial charge on any atom is -0.309 e. The molecule has 234 valence electrons. The van der Waals surface area contributed by atoms with Gasteiger partial charge in [0.2, 0.25) is 0 Å². The number of aromatic nitrogens is 3. The Labute approximate surface area is 290 Å². The van der Waals surface area contributed by atoms with Crippen LogP contribution in [0.25, 0.3) is 88.5 Å². The minimum atomic E-state index is 0.961. The smallest absolute Gasteiger partial charge is 0.145 e. The van der Waals surface area contributed by atoms with E-state index in [1.54, 1.807) is 0 Å². The summed E-state index contributed by atoms with van der Waals surface area (Å²) in [5.74, 6) is 0. The fourth-order valence-electron chi connectivity index (χ4n) is 7.60. The maximum Gasteiger partial charge on any atom is 0.145 e. The standard InChI is InChI=1S/C47H31N3/c1-3-11-32(12-4-1)34-20-24-38(25-21-34)50-46-31-37(22-26-41(46)42-18-10-28-48-47(42)50)36-23-27-45-43(30-36)40-17-7-8-19-44(40)49(45)39-16-9-15-35(29-39)33-13-5-2-6-14-33/h1-31H. The first-order chi connectivity index (χ1) is 24.8. The van der Waals surface area contributed by atoms with Gasteiger partial charge in [-0.05, 0) is 94.0 Å². The molecule has 0 bridgehead atoms. The molecule has 10 rings (SSSR count). The van der Waals surface area contributed by atoms with E-state index in [1.807, 2.05) is 12.3 Å². The molecular formula is C47H31N3. The average molecular weight is 638 g/mol. The van der Waals surface area contributed by atoms with Crippen molar-refractivity contribution in [3.05, 3.63) is 188 Å². The van der Waals surface area contributed by atoms with Gasteiger partial charge in [0.25, 0.3) is 0 Å². The van der Waals surface area contributed by atoms with Crippen molar-refractivity contribution in [1.82, 2.24) is 14.1 Å². The second-order valence-corrected chi connectivity index (χ2v) is 12.9. The van der Waals surface area contributed by atoms with E-state index in [2.05, 4.69) is 185 Å². The summed E-state index contributed by atoms with van der Waals surface area (Å²) in [7, 11) is 0. The zero-order chi connectivity index (χ0) is 33.0. The van der Waals surface area contributed by atoms with Crippen LogP contribution in [0.4, 0.5) is 0 Å². The molecule has 0 N–H and O–H groups in total. The van der Waals surface area contributed by atoms with Crippen LogP contribution in [0.15, 0.2) is 188 Å². The van der Waals surface area contributed by atoms with Gasteiger partial charge < -0.3 is 4.57 Å². The molecule has 0 aliphatic heterocycles. The first-order valence-corrected chi connectivity index (χ1v) is 17.0. The number of benzene rings is 7. The number of para-hydroxylation sites is 1. The second-order valence-electron chi connectivity index (χ2n) is 12.9. The van der Waals surface area contributed by atoms with Gasteiger partial charge in [0, 0.05) is 39.1 Å². The molecule has 10 aromatic rings. The lowest BCUT2D eigenvalue weighted by atomic mass is 10.0. The molecule has 7 aromatic carbocycles. The van der Waals surface area contributed by atoms with Gasteiger partial charge >= 0.3 is 0 Å². The van der Waals surface area contributed by atoms with Crippen LogP contribution in [-0.2, 0) is 0 Å². The molecule has 3 aromatic heterocycles. The Morgan fingerprint density at radius 3 is 1.70 bits per heavy atom. The van der Waals surface area contributed by atoms with E-state index in [0.717, 1.165) is 27.9 Å². The van der Waals surface area contributed by atoms with Gasteiger partial charge in [-0.2, -0.15) is 0 Å². The van der Waals surface area contributed by atoms with E-state index < -0.39 is 0 Å². The van der Waals surface area contributed by atoms with Crippen molar-refractivity contribution < 1.29 is 0 Å². The highest BCUT2D eigenvalue weighted by Gasteiger charge is 2.17. The Bertz CT molecular complexity index is 2840. The Balaban J connectivity index is 1.12. The first-order valence-electron chi connectivity index (χ1n) is 17.0. The number of hydrogen-bond acceptors (Lipinski definition) is 1. The van der Waals surface area contributed by atoms with Gasteiger partial charge in [0.1, 0.15) is 5.65 Å².